The number of amides is 1. The van der Waals surface area contributed by atoms with E-state index in [2.05, 4.69) is 10.1 Å². The van der Waals surface area contributed by atoms with Crippen LogP contribution < -0.4 is 5.32 Å². The molecule has 1 atom stereocenters. The van der Waals surface area contributed by atoms with Crippen LogP contribution in [0, 0.1) is 11.7 Å². The maximum absolute atomic E-state index is 13.0. The second-order valence-corrected chi connectivity index (χ2v) is 7.84. The summed E-state index contributed by atoms with van der Waals surface area (Å²) in [7, 11) is -2.60. The first-order chi connectivity index (χ1) is 12.3. The standard InChI is InChI=1S/C16H21FN2O6S/c1-25-16(22)14(10-20)18-15(21)11-6-8-19(9-7-11)26(23,24)13-4-2-12(17)3-5-13/h2-5,11,14,20H,6-10H2,1H3,(H,18,21)/t14-/m0/s1. The van der Waals surface area contributed by atoms with E-state index in [0.717, 1.165) is 19.2 Å². The lowest BCUT2D eigenvalue weighted by Crippen LogP contribution is -2.49. The minimum absolute atomic E-state index is 0.00663. The maximum Gasteiger partial charge on any atom is 0.330 e. The van der Waals surface area contributed by atoms with Crippen molar-refractivity contribution in [3.63, 3.8) is 0 Å². The fourth-order valence-corrected chi connectivity index (χ4v) is 4.19. The zero-order valence-corrected chi connectivity index (χ0v) is 15.0. The first-order valence-corrected chi connectivity index (χ1v) is 9.48. The predicted molar refractivity (Wildman–Crippen MR) is 88.9 cm³/mol. The number of piperidine rings is 1. The molecule has 0 saturated carbocycles. The van der Waals surface area contributed by atoms with Gasteiger partial charge in [-0.25, -0.2) is 17.6 Å². The van der Waals surface area contributed by atoms with Gasteiger partial charge in [-0.2, -0.15) is 4.31 Å². The van der Waals surface area contributed by atoms with Gasteiger partial charge in [-0.1, -0.05) is 0 Å². The number of ether oxygens (including phenoxy) is 1. The second-order valence-electron chi connectivity index (χ2n) is 5.90. The lowest BCUT2D eigenvalue weighted by Gasteiger charge is -2.31. The molecule has 0 aromatic heterocycles. The van der Waals surface area contributed by atoms with Gasteiger partial charge in [0.05, 0.1) is 18.6 Å². The third-order valence-electron chi connectivity index (χ3n) is 4.26. The highest BCUT2D eigenvalue weighted by Gasteiger charge is 2.33. The number of rotatable bonds is 6. The summed E-state index contributed by atoms with van der Waals surface area (Å²) in [5.74, 6) is -2.19. The van der Waals surface area contributed by atoms with Gasteiger partial charge >= 0.3 is 5.97 Å². The van der Waals surface area contributed by atoms with E-state index in [1.54, 1.807) is 0 Å². The average Bonchev–Trinajstić information content (AvgIpc) is 2.65. The summed E-state index contributed by atoms with van der Waals surface area (Å²) in [6.07, 6.45) is 0.539. The Morgan fingerprint density at radius 2 is 1.88 bits per heavy atom. The molecular weight excluding hydrogens is 367 g/mol. The largest absolute Gasteiger partial charge is 0.467 e. The number of halogens is 1. The molecule has 0 aliphatic carbocycles. The van der Waals surface area contributed by atoms with Gasteiger partial charge in [0, 0.05) is 19.0 Å². The summed E-state index contributed by atoms with van der Waals surface area (Å²) < 4.78 is 43.8. The number of hydrogen-bond donors (Lipinski definition) is 2. The van der Waals surface area contributed by atoms with Crippen LogP contribution in [-0.4, -0.2) is 62.6 Å². The lowest BCUT2D eigenvalue weighted by molar-refractivity contribution is -0.146. The van der Waals surface area contributed by atoms with Crippen LogP contribution in [0.3, 0.4) is 0 Å². The average molecular weight is 388 g/mol. The number of sulfonamides is 1. The number of nitrogens with zero attached hydrogens (tertiary/aromatic N) is 1. The smallest absolute Gasteiger partial charge is 0.330 e. The normalized spacial score (nSPS) is 17.5. The second kappa shape index (κ2) is 8.56. The number of aliphatic hydroxyl groups excluding tert-OH is 1. The lowest BCUT2D eigenvalue weighted by atomic mass is 9.97. The van der Waals surface area contributed by atoms with Crippen LogP contribution in [0.15, 0.2) is 29.2 Å². The zero-order valence-electron chi connectivity index (χ0n) is 14.2. The molecule has 0 radical (unpaired) electrons. The monoisotopic (exact) mass is 388 g/mol. The van der Waals surface area contributed by atoms with E-state index >= 15 is 0 Å². The number of methoxy groups -OCH3 is 1. The van der Waals surface area contributed by atoms with Crippen LogP contribution in [0.4, 0.5) is 4.39 Å². The van der Waals surface area contributed by atoms with Crippen molar-refractivity contribution in [2.24, 2.45) is 5.92 Å². The van der Waals surface area contributed by atoms with Gasteiger partial charge in [-0.05, 0) is 37.1 Å². The third-order valence-corrected chi connectivity index (χ3v) is 6.17. The van der Waals surface area contributed by atoms with E-state index in [-0.39, 0.29) is 30.8 Å². The molecule has 1 aromatic rings. The summed E-state index contributed by atoms with van der Waals surface area (Å²) in [5.41, 5.74) is 0. The highest BCUT2D eigenvalue weighted by molar-refractivity contribution is 7.89. The fraction of sp³-hybridized carbons (Fsp3) is 0.500. The van der Waals surface area contributed by atoms with Crippen LogP contribution in [0.5, 0.6) is 0 Å². The number of benzene rings is 1. The Labute approximate surface area is 151 Å². The highest BCUT2D eigenvalue weighted by Crippen LogP contribution is 2.24. The van der Waals surface area contributed by atoms with Crippen LogP contribution in [-0.2, 0) is 24.3 Å². The van der Waals surface area contributed by atoms with E-state index < -0.39 is 46.3 Å². The molecule has 26 heavy (non-hydrogen) atoms. The van der Waals surface area contributed by atoms with E-state index in [1.807, 2.05) is 0 Å². The Kier molecular flexibility index (Phi) is 6.68. The number of aliphatic hydroxyl groups is 1. The Morgan fingerprint density at radius 3 is 2.38 bits per heavy atom. The van der Waals surface area contributed by atoms with Crippen molar-refractivity contribution in [3.8, 4) is 0 Å². The first kappa shape index (κ1) is 20.3. The highest BCUT2D eigenvalue weighted by atomic mass is 32.2. The Morgan fingerprint density at radius 1 is 1.31 bits per heavy atom. The van der Waals surface area contributed by atoms with E-state index in [9.17, 15) is 22.4 Å². The predicted octanol–water partition coefficient (Wildman–Crippen LogP) is -0.124. The molecule has 144 valence electrons. The fourth-order valence-electron chi connectivity index (χ4n) is 2.72. The molecule has 1 amide bonds. The van der Waals surface area contributed by atoms with Crippen molar-refractivity contribution in [1.29, 1.82) is 0 Å². The van der Waals surface area contributed by atoms with Gasteiger partial charge in [-0.15, -0.1) is 0 Å². The number of hydrogen-bond acceptors (Lipinski definition) is 6. The maximum atomic E-state index is 13.0. The van der Waals surface area contributed by atoms with Crippen LogP contribution in [0.25, 0.3) is 0 Å². The third kappa shape index (κ3) is 4.57. The number of carbonyl (C=O) groups is 2. The van der Waals surface area contributed by atoms with E-state index in [0.29, 0.717) is 0 Å². The van der Waals surface area contributed by atoms with Gasteiger partial charge in [-0.3, -0.25) is 4.79 Å². The van der Waals surface area contributed by atoms with Gasteiger partial charge in [0.1, 0.15) is 5.82 Å². The molecule has 8 nitrogen and oxygen atoms in total. The minimum Gasteiger partial charge on any atom is -0.467 e. The summed E-state index contributed by atoms with van der Waals surface area (Å²) in [5, 5.41) is 11.5. The van der Waals surface area contributed by atoms with Crippen molar-refractivity contribution in [2.45, 2.75) is 23.8 Å². The molecule has 0 spiro atoms. The van der Waals surface area contributed by atoms with Crippen molar-refractivity contribution in [3.05, 3.63) is 30.1 Å². The van der Waals surface area contributed by atoms with Gasteiger partial charge < -0.3 is 15.2 Å². The molecular formula is C16H21FN2O6S. The molecule has 1 aromatic carbocycles. The summed E-state index contributed by atoms with van der Waals surface area (Å²) >= 11 is 0. The quantitative estimate of drug-likeness (QED) is 0.657. The van der Waals surface area contributed by atoms with Crippen molar-refractivity contribution >= 4 is 21.9 Å². The molecule has 1 heterocycles. The summed E-state index contributed by atoms with van der Waals surface area (Å²) in [6, 6.07) is 3.41. The van der Waals surface area contributed by atoms with Crippen LogP contribution >= 0.6 is 0 Å². The first-order valence-electron chi connectivity index (χ1n) is 8.04. The molecule has 1 saturated heterocycles. The van der Waals surface area contributed by atoms with E-state index in [4.69, 9.17) is 5.11 Å². The molecule has 1 fully saturated rings. The summed E-state index contributed by atoms with van der Waals surface area (Å²) in [6.45, 7) is -0.337. The van der Waals surface area contributed by atoms with Crippen molar-refractivity contribution in [1.82, 2.24) is 9.62 Å². The topological polar surface area (TPSA) is 113 Å². The van der Waals surface area contributed by atoms with Gasteiger partial charge in [0.15, 0.2) is 6.04 Å². The minimum atomic E-state index is -3.75. The number of esters is 1. The Hall–Kier alpha value is -2.04. The molecule has 0 unspecified atom stereocenters. The SMILES string of the molecule is COC(=O)[C@H](CO)NC(=O)C1CCN(S(=O)(=O)c2ccc(F)cc2)CC1. The van der Waals surface area contributed by atoms with Crippen LogP contribution in [0.1, 0.15) is 12.8 Å². The molecule has 2 N–H and O–H groups in total. The van der Waals surface area contributed by atoms with Crippen molar-refractivity contribution < 1.29 is 32.2 Å². The van der Waals surface area contributed by atoms with Crippen molar-refractivity contribution in [2.75, 3.05) is 26.8 Å². The molecule has 1 aliphatic heterocycles. The number of nitrogens with one attached hydrogen (secondary N) is 1. The Bertz CT molecular complexity index is 745. The van der Waals surface area contributed by atoms with Gasteiger partial charge in [0.25, 0.3) is 0 Å². The Balaban J connectivity index is 1.97. The summed E-state index contributed by atoms with van der Waals surface area (Å²) in [4.78, 5) is 23.6. The molecule has 0 bridgehead atoms. The molecule has 2 rings (SSSR count). The number of carbonyl (C=O) groups excluding carboxylic acids is 2. The van der Waals surface area contributed by atoms with Gasteiger partial charge in [0.2, 0.25) is 15.9 Å². The molecule has 10 heteroatoms. The molecule has 1 aliphatic rings. The van der Waals surface area contributed by atoms with Crippen LogP contribution in [0.2, 0.25) is 0 Å². The van der Waals surface area contributed by atoms with E-state index in [1.165, 1.54) is 16.4 Å². The zero-order chi connectivity index (χ0) is 19.3.